The number of ether oxygens (including phenoxy) is 1. The van der Waals surface area contributed by atoms with Gasteiger partial charge in [-0.15, -0.1) is 0 Å². The second kappa shape index (κ2) is 10.3. The molecule has 1 N–H and O–H groups in total. The van der Waals surface area contributed by atoms with E-state index in [4.69, 9.17) is 9.26 Å². The van der Waals surface area contributed by atoms with Gasteiger partial charge in [-0.1, -0.05) is 78.0 Å². The van der Waals surface area contributed by atoms with E-state index in [-0.39, 0.29) is 24.7 Å². The van der Waals surface area contributed by atoms with Crippen LogP contribution in [0, 0.1) is 5.82 Å². The molecule has 1 aromatic heterocycles. The van der Waals surface area contributed by atoms with Crippen molar-refractivity contribution in [1.29, 1.82) is 0 Å². The third-order valence-electron chi connectivity index (χ3n) is 4.85. The van der Waals surface area contributed by atoms with Gasteiger partial charge in [0.25, 0.3) is 0 Å². The van der Waals surface area contributed by atoms with Crippen LogP contribution in [0.4, 0.5) is 4.39 Å². The zero-order chi connectivity index (χ0) is 22.2. The number of hydrogen-bond acceptors (Lipinski definition) is 5. The van der Waals surface area contributed by atoms with Gasteiger partial charge in [0, 0.05) is 18.4 Å². The number of benzene rings is 3. The monoisotopic (exact) mass is 431 g/mol. The maximum Gasteiger partial charge on any atom is 0.227 e. The average Bonchev–Trinajstić information content (AvgIpc) is 3.32. The van der Waals surface area contributed by atoms with Gasteiger partial charge in [0.1, 0.15) is 6.61 Å². The Morgan fingerprint density at radius 1 is 0.969 bits per heavy atom. The van der Waals surface area contributed by atoms with Crippen molar-refractivity contribution in [3.8, 4) is 17.1 Å². The highest BCUT2D eigenvalue weighted by Crippen LogP contribution is 2.20. The van der Waals surface area contributed by atoms with Gasteiger partial charge in [-0.05, 0) is 17.7 Å². The summed E-state index contributed by atoms with van der Waals surface area (Å²) in [7, 11) is 0. The molecule has 3 aromatic carbocycles. The summed E-state index contributed by atoms with van der Waals surface area (Å²) in [4.78, 5) is 17.0. The molecule has 0 bridgehead atoms. The zero-order valence-corrected chi connectivity index (χ0v) is 17.3. The lowest BCUT2D eigenvalue weighted by molar-refractivity contribution is -0.122. The highest BCUT2D eigenvalue weighted by molar-refractivity contribution is 5.76. The van der Waals surface area contributed by atoms with Crippen LogP contribution in [0.15, 0.2) is 89.5 Å². The summed E-state index contributed by atoms with van der Waals surface area (Å²) in [5.41, 5.74) is 1.71. The normalized spacial score (nSPS) is 11.7. The van der Waals surface area contributed by atoms with Crippen molar-refractivity contribution in [2.24, 2.45) is 0 Å². The first kappa shape index (κ1) is 21.2. The van der Waals surface area contributed by atoms with Gasteiger partial charge in [0.15, 0.2) is 11.6 Å². The van der Waals surface area contributed by atoms with E-state index in [1.807, 2.05) is 60.7 Å². The molecule has 162 valence electrons. The molecule has 0 aliphatic carbocycles. The Hall–Kier alpha value is -4.00. The van der Waals surface area contributed by atoms with E-state index in [0.717, 1.165) is 11.1 Å². The summed E-state index contributed by atoms with van der Waals surface area (Å²) in [6, 6.07) is 24.6. The van der Waals surface area contributed by atoms with Crippen LogP contribution in [0.1, 0.15) is 23.9 Å². The molecule has 0 aliphatic heterocycles. The molecule has 0 spiro atoms. The second-order valence-corrected chi connectivity index (χ2v) is 7.15. The molecule has 0 saturated heterocycles. The van der Waals surface area contributed by atoms with Crippen molar-refractivity contribution in [3.63, 3.8) is 0 Å². The molecule has 0 saturated carbocycles. The minimum Gasteiger partial charge on any atom is -0.488 e. The van der Waals surface area contributed by atoms with E-state index < -0.39 is 11.9 Å². The van der Waals surface area contributed by atoms with Crippen LogP contribution in [-0.4, -0.2) is 22.7 Å². The Labute approximate surface area is 185 Å². The number of carbonyl (C=O) groups excluding carboxylic acids is 1. The number of nitrogens with zero attached hydrogens (tertiary/aromatic N) is 2. The van der Waals surface area contributed by atoms with E-state index in [2.05, 4.69) is 15.5 Å². The van der Waals surface area contributed by atoms with Crippen LogP contribution >= 0.6 is 0 Å². The van der Waals surface area contributed by atoms with Crippen LogP contribution in [0.2, 0.25) is 0 Å². The molecule has 1 amide bonds. The molecule has 0 aliphatic rings. The quantitative estimate of drug-likeness (QED) is 0.414. The summed E-state index contributed by atoms with van der Waals surface area (Å²) in [5, 5.41) is 6.93. The summed E-state index contributed by atoms with van der Waals surface area (Å²) < 4.78 is 24.8. The molecule has 4 rings (SSSR count). The van der Waals surface area contributed by atoms with Gasteiger partial charge >= 0.3 is 0 Å². The Morgan fingerprint density at radius 2 is 1.66 bits per heavy atom. The highest BCUT2D eigenvalue weighted by Gasteiger charge is 2.17. The van der Waals surface area contributed by atoms with Crippen LogP contribution < -0.4 is 10.1 Å². The molecular weight excluding hydrogens is 409 g/mol. The molecule has 0 fully saturated rings. The van der Waals surface area contributed by atoms with Gasteiger partial charge in [-0.3, -0.25) is 4.79 Å². The summed E-state index contributed by atoms with van der Waals surface area (Å²) >= 11 is 0. The van der Waals surface area contributed by atoms with Crippen LogP contribution in [-0.2, 0) is 11.2 Å². The standard InChI is InChI=1S/C25H22FN3O3/c26-20-13-7-8-14-22(20)31-17-21(18-9-3-1-4-10-18)27-23(30)15-16-24-28-25(29-32-24)19-11-5-2-6-12-19/h1-14,21H,15-17H2,(H,27,30). The van der Waals surface area contributed by atoms with Gasteiger partial charge < -0.3 is 14.6 Å². The Morgan fingerprint density at radius 3 is 2.41 bits per heavy atom. The minimum atomic E-state index is -0.448. The fraction of sp³-hybridized carbons (Fsp3) is 0.160. The van der Waals surface area contributed by atoms with Crippen LogP contribution in [0.5, 0.6) is 5.75 Å². The Bertz CT molecular complexity index is 1150. The van der Waals surface area contributed by atoms with Crippen molar-refractivity contribution in [3.05, 3.63) is 102 Å². The molecule has 1 atom stereocenters. The number of carbonyl (C=O) groups is 1. The van der Waals surface area contributed by atoms with Gasteiger partial charge in [0.05, 0.1) is 6.04 Å². The van der Waals surface area contributed by atoms with Gasteiger partial charge in [0.2, 0.25) is 17.6 Å². The molecule has 32 heavy (non-hydrogen) atoms. The predicted octanol–water partition coefficient (Wildman–Crippen LogP) is 4.74. The van der Waals surface area contributed by atoms with Crippen molar-refractivity contribution >= 4 is 5.91 Å². The largest absolute Gasteiger partial charge is 0.488 e. The summed E-state index contributed by atoms with van der Waals surface area (Å²) in [5.74, 6) is 0.369. The fourth-order valence-corrected chi connectivity index (χ4v) is 3.19. The highest BCUT2D eigenvalue weighted by atomic mass is 19.1. The SMILES string of the molecule is O=C(CCc1nc(-c2ccccc2)no1)NC(COc1ccccc1F)c1ccccc1. The van der Waals surface area contributed by atoms with E-state index in [1.54, 1.807) is 18.2 Å². The van der Waals surface area contributed by atoms with E-state index in [1.165, 1.54) is 6.07 Å². The lowest BCUT2D eigenvalue weighted by Crippen LogP contribution is -2.32. The molecule has 4 aromatic rings. The maximum atomic E-state index is 13.9. The minimum absolute atomic E-state index is 0.0927. The fourth-order valence-electron chi connectivity index (χ4n) is 3.19. The van der Waals surface area contributed by atoms with Crippen LogP contribution in [0.3, 0.4) is 0 Å². The topological polar surface area (TPSA) is 77.2 Å². The molecular formula is C25H22FN3O3. The Balaban J connectivity index is 1.37. The van der Waals surface area contributed by atoms with Crippen molar-refractivity contribution in [2.75, 3.05) is 6.61 Å². The first-order chi connectivity index (χ1) is 15.7. The number of halogens is 1. The first-order valence-corrected chi connectivity index (χ1v) is 10.3. The van der Waals surface area contributed by atoms with Crippen molar-refractivity contribution in [2.45, 2.75) is 18.9 Å². The second-order valence-electron chi connectivity index (χ2n) is 7.15. The third kappa shape index (κ3) is 5.57. The molecule has 1 unspecified atom stereocenters. The van der Waals surface area contributed by atoms with Crippen molar-refractivity contribution in [1.82, 2.24) is 15.5 Å². The maximum absolute atomic E-state index is 13.9. The summed E-state index contributed by atoms with van der Waals surface area (Å²) in [6.07, 6.45) is 0.473. The zero-order valence-electron chi connectivity index (χ0n) is 17.3. The average molecular weight is 431 g/mol. The van der Waals surface area contributed by atoms with Crippen LogP contribution in [0.25, 0.3) is 11.4 Å². The number of hydrogen-bond donors (Lipinski definition) is 1. The van der Waals surface area contributed by atoms with E-state index in [0.29, 0.717) is 18.1 Å². The van der Waals surface area contributed by atoms with Crippen molar-refractivity contribution < 1.29 is 18.4 Å². The van der Waals surface area contributed by atoms with E-state index in [9.17, 15) is 9.18 Å². The van der Waals surface area contributed by atoms with E-state index >= 15 is 0 Å². The molecule has 0 radical (unpaired) electrons. The number of aryl methyl sites for hydroxylation is 1. The molecule has 1 heterocycles. The lowest BCUT2D eigenvalue weighted by Gasteiger charge is -2.20. The van der Waals surface area contributed by atoms with Gasteiger partial charge in [-0.2, -0.15) is 4.98 Å². The van der Waals surface area contributed by atoms with Gasteiger partial charge in [-0.25, -0.2) is 4.39 Å². The lowest BCUT2D eigenvalue weighted by atomic mass is 10.1. The number of nitrogens with one attached hydrogen (secondary N) is 1. The number of para-hydroxylation sites is 1. The molecule has 6 nitrogen and oxygen atoms in total. The Kier molecular flexibility index (Phi) is 6.87. The third-order valence-corrected chi connectivity index (χ3v) is 4.85. The number of rotatable bonds is 9. The number of amides is 1. The number of aromatic nitrogens is 2. The smallest absolute Gasteiger partial charge is 0.227 e. The first-order valence-electron chi connectivity index (χ1n) is 10.3. The summed E-state index contributed by atoms with van der Waals surface area (Å²) in [6.45, 7) is 0.0927. The molecule has 7 heteroatoms. The predicted molar refractivity (Wildman–Crippen MR) is 117 cm³/mol.